The van der Waals surface area contributed by atoms with E-state index in [1.54, 1.807) is 12.1 Å². The SMILES string of the molecule is O=C1[C@@H]2[C@H]3C[C@@H]([C@@H]2C(=O)N1c1cccc(C(F)(F)F)c1)[C@@H]1[C@H](c2ccc(F)cc2)c2sc(=O)[nH]c2S[C@H]31. The summed E-state index contributed by atoms with van der Waals surface area (Å²) in [7, 11) is 0. The normalized spacial score (nSPS) is 32.0. The van der Waals surface area contributed by atoms with Crippen LogP contribution in [0, 0.1) is 35.4 Å². The number of aromatic nitrogens is 1. The molecule has 3 heterocycles. The molecule has 2 amide bonds. The van der Waals surface area contributed by atoms with Gasteiger partial charge in [-0.3, -0.25) is 19.3 Å². The Morgan fingerprint density at radius 1 is 0.946 bits per heavy atom. The lowest BCUT2D eigenvalue weighted by Gasteiger charge is -2.43. The zero-order chi connectivity index (χ0) is 25.8. The average molecular weight is 547 g/mol. The number of hydrogen-bond acceptors (Lipinski definition) is 5. The zero-order valence-corrected chi connectivity index (χ0v) is 20.5. The summed E-state index contributed by atoms with van der Waals surface area (Å²) >= 11 is 2.63. The van der Waals surface area contributed by atoms with Crippen molar-refractivity contribution in [3.8, 4) is 0 Å². The van der Waals surface area contributed by atoms with Gasteiger partial charge in [0, 0.05) is 16.0 Å². The number of hydrogen-bond donors (Lipinski definition) is 1. The number of benzene rings is 2. The van der Waals surface area contributed by atoms with Crippen molar-refractivity contribution in [3.63, 3.8) is 0 Å². The summed E-state index contributed by atoms with van der Waals surface area (Å²) in [5, 5.41) is 0.679. The number of anilines is 1. The van der Waals surface area contributed by atoms with Crippen molar-refractivity contribution < 1.29 is 27.2 Å². The van der Waals surface area contributed by atoms with E-state index in [1.807, 2.05) is 0 Å². The molecule has 190 valence electrons. The molecule has 7 rings (SSSR count). The summed E-state index contributed by atoms with van der Waals surface area (Å²) in [4.78, 5) is 44.0. The third-order valence-electron chi connectivity index (χ3n) is 8.38. The lowest BCUT2D eigenvalue weighted by molar-refractivity contribution is -0.137. The number of fused-ring (bicyclic) bond motifs is 9. The van der Waals surface area contributed by atoms with Crippen molar-refractivity contribution >= 4 is 40.6 Å². The largest absolute Gasteiger partial charge is 0.416 e. The standard InChI is InChI=1S/C26H18F4N2O3S2/c27-12-6-4-10(5-7-12)16-17-14-9-15(20(17)36-22-21(16)37-25(35)31-22)19-18(14)23(33)32(24(19)34)13-3-1-2-11(8-13)26(28,29)30/h1-8,14-20H,9H2,(H,31,35)/t14-,15-,16+,17-,18+,19-,20-/m1/s1. The number of aromatic amines is 1. The third kappa shape index (κ3) is 3.26. The highest BCUT2D eigenvalue weighted by Gasteiger charge is 2.69. The van der Waals surface area contributed by atoms with Crippen LogP contribution in [0.1, 0.15) is 28.3 Å². The molecule has 0 spiro atoms. The zero-order valence-electron chi connectivity index (χ0n) is 18.9. The molecule has 2 bridgehead atoms. The number of halogens is 4. The van der Waals surface area contributed by atoms with Crippen LogP contribution in [0.5, 0.6) is 0 Å². The lowest BCUT2D eigenvalue weighted by Crippen LogP contribution is -2.42. The van der Waals surface area contributed by atoms with Crippen LogP contribution >= 0.6 is 23.1 Å². The maximum Gasteiger partial charge on any atom is 0.416 e. The topological polar surface area (TPSA) is 70.2 Å². The Bertz CT molecular complexity index is 1510. The number of alkyl halides is 3. The smallest absolute Gasteiger partial charge is 0.307 e. The number of nitrogens with one attached hydrogen (secondary N) is 1. The fraction of sp³-hybridized carbons (Fsp3) is 0.346. The van der Waals surface area contributed by atoms with E-state index >= 15 is 0 Å². The molecule has 0 unspecified atom stereocenters. The van der Waals surface area contributed by atoms with E-state index in [2.05, 4.69) is 4.98 Å². The molecule has 1 N–H and O–H groups in total. The Morgan fingerprint density at radius 3 is 2.35 bits per heavy atom. The van der Waals surface area contributed by atoms with Gasteiger partial charge in [-0.15, -0.1) is 11.8 Å². The van der Waals surface area contributed by atoms with Gasteiger partial charge < -0.3 is 4.98 Å². The number of carbonyl (C=O) groups is 2. The van der Waals surface area contributed by atoms with Crippen molar-refractivity contribution in [2.75, 3.05) is 4.90 Å². The first kappa shape index (κ1) is 23.2. The number of thioether (sulfide) groups is 1. The second-order valence-corrected chi connectivity index (χ2v) is 12.3. The molecule has 2 aromatic carbocycles. The van der Waals surface area contributed by atoms with Crippen molar-refractivity contribution in [1.29, 1.82) is 0 Å². The van der Waals surface area contributed by atoms with Crippen molar-refractivity contribution in [2.24, 2.45) is 29.6 Å². The first-order valence-electron chi connectivity index (χ1n) is 11.8. The van der Waals surface area contributed by atoms with Gasteiger partial charge in [0.15, 0.2) is 0 Å². The quantitative estimate of drug-likeness (QED) is 0.351. The predicted octanol–water partition coefficient (Wildman–Crippen LogP) is 5.27. The molecule has 1 aromatic heterocycles. The maximum atomic E-state index is 13.7. The van der Waals surface area contributed by atoms with Crippen LogP contribution < -0.4 is 9.77 Å². The molecule has 2 aliphatic heterocycles. The van der Waals surface area contributed by atoms with Gasteiger partial charge in [0.2, 0.25) is 11.8 Å². The summed E-state index contributed by atoms with van der Waals surface area (Å²) in [5.74, 6) is -3.19. The minimum absolute atomic E-state index is 0.0581. The molecule has 3 fully saturated rings. The van der Waals surface area contributed by atoms with Gasteiger partial charge in [-0.2, -0.15) is 13.2 Å². The second-order valence-electron chi connectivity index (χ2n) is 10.1. The van der Waals surface area contributed by atoms with Gasteiger partial charge in [-0.25, -0.2) is 4.39 Å². The van der Waals surface area contributed by atoms with Gasteiger partial charge in [0.1, 0.15) is 5.82 Å². The summed E-state index contributed by atoms with van der Waals surface area (Å²) in [6.45, 7) is 0. The van der Waals surface area contributed by atoms with E-state index in [0.717, 1.165) is 43.8 Å². The summed E-state index contributed by atoms with van der Waals surface area (Å²) in [5.41, 5.74) is -0.142. The third-order valence-corrected chi connectivity index (χ3v) is 11.0. The average Bonchev–Trinajstić information content (AvgIpc) is 3.58. The fourth-order valence-electron chi connectivity index (χ4n) is 7.14. The molecule has 2 saturated carbocycles. The molecule has 0 radical (unpaired) electrons. The minimum Gasteiger partial charge on any atom is -0.307 e. The Morgan fingerprint density at radius 2 is 1.65 bits per heavy atom. The first-order chi connectivity index (χ1) is 17.6. The van der Waals surface area contributed by atoms with Crippen molar-refractivity contribution in [3.05, 3.63) is 80.0 Å². The van der Waals surface area contributed by atoms with Crippen LogP contribution in [-0.4, -0.2) is 22.0 Å². The van der Waals surface area contributed by atoms with E-state index < -0.39 is 35.4 Å². The fourth-order valence-corrected chi connectivity index (χ4v) is 10.0. The van der Waals surface area contributed by atoms with Crippen molar-refractivity contribution in [2.45, 2.75) is 28.8 Å². The highest BCUT2D eigenvalue weighted by molar-refractivity contribution is 8.00. The molecule has 2 aliphatic carbocycles. The van der Waals surface area contributed by atoms with E-state index in [1.165, 1.54) is 36.0 Å². The number of imide groups is 1. The van der Waals surface area contributed by atoms with Crippen LogP contribution in [0.25, 0.3) is 0 Å². The van der Waals surface area contributed by atoms with E-state index in [4.69, 9.17) is 0 Å². The first-order valence-corrected chi connectivity index (χ1v) is 13.5. The van der Waals surface area contributed by atoms with Gasteiger partial charge in [-0.1, -0.05) is 29.5 Å². The number of H-pyrrole nitrogens is 1. The van der Waals surface area contributed by atoms with Gasteiger partial charge in [0.25, 0.3) is 0 Å². The van der Waals surface area contributed by atoms with Crippen molar-refractivity contribution in [1.82, 2.24) is 4.98 Å². The second kappa shape index (κ2) is 7.80. The molecule has 11 heteroatoms. The van der Waals surface area contributed by atoms with Crippen LogP contribution in [0.3, 0.4) is 0 Å². The summed E-state index contributed by atoms with van der Waals surface area (Å²) < 4.78 is 53.7. The molecular weight excluding hydrogens is 528 g/mol. The molecule has 37 heavy (non-hydrogen) atoms. The molecule has 1 saturated heterocycles. The highest BCUT2D eigenvalue weighted by atomic mass is 32.2. The molecular formula is C26H18F4N2O3S2. The van der Waals surface area contributed by atoms with Gasteiger partial charge >= 0.3 is 11.0 Å². The molecule has 4 aliphatic rings. The van der Waals surface area contributed by atoms with E-state index in [0.29, 0.717) is 6.42 Å². The molecule has 3 aromatic rings. The number of rotatable bonds is 2. The van der Waals surface area contributed by atoms with Crippen LogP contribution in [-0.2, 0) is 15.8 Å². The highest BCUT2D eigenvalue weighted by Crippen LogP contribution is 2.68. The number of carbonyl (C=O) groups excluding carboxylic acids is 2. The van der Waals surface area contributed by atoms with Crippen LogP contribution in [0.15, 0.2) is 58.4 Å². The van der Waals surface area contributed by atoms with E-state index in [-0.39, 0.29) is 45.3 Å². The van der Waals surface area contributed by atoms with E-state index in [9.17, 15) is 31.9 Å². The van der Waals surface area contributed by atoms with Crippen LogP contribution in [0.4, 0.5) is 23.2 Å². The van der Waals surface area contributed by atoms with Gasteiger partial charge in [-0.05, 0) is 60.1 Å². The number of amides is 2. The number of thiazole rings is 1. The Balaban J connectivity index is 1.30. The summed E-state index contributed by atoms with van der Waals surface area (Å²) in [6.07, 6.45) is -3.94. The minimum atomic E-state index is -4.60. The monoisotopic (exact) mass is 546 g/mol. The Labute approximate surface area is 215 Å². The number of nitrogens with zero attached hydrogens (tertiary/aromatic N) is 1. The summed E-state index contributed by atoms with van der Waals surface area (Å²) in [6, 6.07) is 10.5. The van der Waals surface area contributed by atoms with Gasteiger partial charge in [0.05, 0.1) is 28.1 Å². The molecule has 7 atom stereocenters. The Hall–Kier alpha value is -2.92. The maximum absolute atomic E-state index is 13.7. The lowest BCUT2D eigenvalue weighted by atomic mass is 9.68. The van der Waals surface area contributed by atoms with Crippen LogP contribution in [0.2, 0.25) is 0 Å². The predicted molar refractivity (Wildman–Crippen MR) is 129 cm³/mol. The molecule has 5 nitrogen and oxygen atoms in total. The Kier molecular flexibility index (Phi) is 4.89.